The number of carbonyl (C=O) groups is 1. The Kier molecular flexibility index (Phi) is 5.72. The number of benzene rings is 1. The molecule has 1 amide bonds. The third-order valence-electron chi connectivity index (χ3n) is 5.94. The van der Waals surface area contributed by atoms with Gasteiger partial charge in [0.1, 0.15) is 17.6 Å². The molecule has 29 heavy (non-hydrogen) atoms. The summed E-state index contributed by atoms with van der Waals surface area (Å²) >= 11 is 0. The van der Waals surface area contributed by atoms with Crippen molar-refractivity contribution in [2.24, 2.45) is 16.9 Å². The van der Waals surface area contributed by atoms with Crippen molar-refractivity contribution in [2.45, 2.75) is 32.7 Å². The summed E-state index contributed by atoms with van der Waals surface area (Å²) in [6.45, 7) is 7.13. The van der Waals surface area contributed by atoms with Crippen LogP contribution in [0.25, 0.3) is 0 Å². The molecule has 1 aromatic carbocycles. The zero-order valence-corrected chi connectivity index (χ0v) is 17.4. The molecule has 1 N–H and O–H groups in total. The van der Waals surface area contributed by atoms with Gasteiger partial charge in [0, 0.05) is 18.3 Å². The summed E-state index contributed by atoms with van der Waals surface area (Å²) in [5, 5.41) is 6.39. The minimum absolute atomic E-state index is 0.0613. The maximum absolute atomic E-state index is 13.2. The SMILES string of the molecule is COc1ccc(C2=NN(C(=O)C[NH+]3C[C@H](C)C[C@H](C)C3)[C@H](c3ccco3)C2)cc1. The number of hydrogen-bond donors (Lipinski definition) is 1. The lowest BCUT2D eigenvalue weighted by molar-refractivity contribution is -0.904. The second-order valence-electron chi connectivity index (χ2n) is 8.53. The van der Waals surface area contributed by atoms with E-state index >= 15 is 0 Å². The number of piperidine rings is 1. The summed E-state index contributed by atoms with van der Waals surface area (Å²) in [7, 11) is 1.65. The third kappa shape index (κ3) is 4.37. The fourth-order valence-corrected chi connectivity index (χ4v) is 4.76. The average Bonchev–Trinajstić information content (AvgIpc) is 3.37. The van der Waals surface area contributed by atoms with Gasteiger partial charge in [-0.3, -0.25) is 4.79 Å². The Balaban J connectivity index is 1.55. The molecule has 3 heterocycles. The predicted octanol–water partition coefficient (Wildman–Crippen LogP) is 2.53. The highest BCUT2D eigenvalue weighted by Crippen LogP contribution is 2.33. The van der Waals surface area contributed by atoms with Gasteiger partial charge in [0.05, 0.1) is 32.2 Å². The molecule has 154 valence electrons. The molecule has 0 spiro atoms. The van der Waals surface area contributed by atoms with Crippen molar-refractivity contribution in [2.75, 3.05) is 26.7 Å². The number of carbonyl (C=O) groups excluding carboxylic acids is 1. The zero-order valence-electron chi connectivity index (χ0n) is 17.4. The molecule has 2 aliphatic heterocycles. The standard InChI is InChI=1S/C23H29N3O3/c1-16-11-17(2)14-25(13-16)15-23(27)26-21(22-5-4-10-29-22)12-20(24-26)18-6-8-19(28-3)9-7-18/h4-10,16-17,21H,11-15H2,1-3H3/p+1/t16-,17+,21-/m0/s1. The maximum atomic E-state index is 13.2. The second kappa shape index (κ2) is 8.41. The van der Waals surface area contributed by atoms with Crippen molar-refractivity contribution in [3.8, 4) is 5.75 Å². The van der Waals surface area contributed by atoms with Crippen LogP contribution < -0.4 is 9.64 Å². The summed E-state index contributed by atoms with van der Waals surface area (Å²) in [5.74, 6) is 2.95. The number of methoxy groups -OCH3 is 1. The summed E-state index contributed by atoms with van der Waals surface area (Å²) in [4.78, 5) is 14.6. The lowest BCUT2D eigenvalue weighted by Crippen LogP contribution is -3.15. The van der Waals surface area contributed by atoms with Crippen LogP contribution in [0.5, 0.6) is 5.75 Å². The Morgan fingerprint density at radius 3 is 2.55 bits per heavy atom. The monoisotopic (exact) mass is 396 g/mol. The lowest BCUT2D eigenvalue weighted by atomic mass is 9.92. The fourth-order valence-electron chi connectivity index (χ4n) is 4.76. The minimum atomic E-state index is -0.186. The van der Waals surface area contributed by atoms with Gasteiger partial charge in [-0.15, -0.1) is 0 Å². The third-order valence-corrected chi connectivity index (χ3v) is 5.94. The number of ether oxygens (including phenoxy) is 1. The average molecular weight is 397 g/mol. The van der Waals surface area contributed by atoms with E-state index in [9.17, 15) is 4.79 Å². The van der Waals surface area contributed by atoms with E-state index < -0.39 is 0 Å². The first-order valence-electron chi connectivity index (χ1n) is 10.4. The van der Waals surface area contributed by atoms with Crippen LogP contribution in [0.1, 0.15) is 44.1 Å². The number of furan rings is 1. The number of amides is 1. The molecule has 0 radical (unpaired) electrons. The predicted molar refractivity (Wildman–Crippen MR) is 111 cm³/mol. The van der Waals surface area contributed by atoms with Crippen molar-refractivity contribution < 1.29 is 18.8 Å². The minimum Gasteiger partial charge on any atom is -0.497 e. The van der Waals surface area contributed by atoms with Crippen molar-refractivity contribution >= 4 is 11.6 Å². The van der Waals surface area contributed by atoms with E-state index in [-0.39, 0.29) is 11.9 Å². The Morgan fingerprint density at radius 2 is 1.93 bits per heavy atom. The Hall–Kier alpha value is -2.60. The van der Waals surface area contributed by atoms with E-state index in [1.807, 2.05) is 36.4 Å². The van der Waals surface area contributed by atoms with Gasteiger partial charge in [-0.05, 0) is 48.4 Å². The smallest absolute Gasteiger partial charge is 0.298 e. The highest BCUT2D eigenvalue weighted by atomic mass is 16.5. The molecule has 2 aliphatic rings. The second-order valence-corrected chi connectivity index (χ2v) is 8.53. The van der Waals surface area contributed by atoms with Crippen LogP contribution >= 0.6 is 0 Å². The van der Waals surface area contributed by atoms with E-state index in [0.29, 0.717) is 24.8 Å². The zero-order chi connectivity index (χ0) is 20.4. The van der Waals surface area contributed by atoms with E-state index in [2.05, 4.69) is 13.8 Å². The van der Waals surface area contributed by atoms with Gasteiger partial charge in [0.15, 0.2) is 6.54 Å². The molecule has 2 aromatic rings. The molecule has 6 nitrogen and oxygen atoms in total. The summed E-state index contributed by atoms with van der Waals surface area (Å²) in [6, 6.07) is 11.4. The first-order chi connectivity index (χ1) is 14.0. The lowest BCUT2D eigenvalue weighted by Gasteiger charge is -2.32. The Morgan fingerprint density at radius 1 is 1.21 bits per heavy atom. The molecule has 1 unspecified atom stereocenters. The highest BCUT2D eigenvalue weighted by molar-refractivity contribution is 6.03. The maximum Gasteiger partial charge on any atom is 0.298 e. The number of nitrogens with one attached hydrogen (secondary N) is 1. The fraction of sp³-hybridized carbons (Fsp3) is 0.478. The van der Waals surface area contributed by atoms with Gasteiger partial charge >= 0.3 is 0 Å². The topological polar surface area (TPSA) is 59.5 Å². The normalized spacial score (nSPS) is 27.0. The van der Waals surface area contributed by atoms with Gasteiger partial charge in [-0.2, -0.15) is 5.10 Å². The van der Waals surface area contributed by atoms with Crippen LogP contribution in [0.4, 0.5) is 0 Å². The van der Waals surface area contributed by atoms with Crippen molar-refractivity contribution in [3.63, 3.8) is 0 Å². The van der Waals surface area contributed by atoms with Crippen molar-refractivity contribution in [3.05, 3.63) is 54.0 Å². The number of nitrogens with zero attached hydrogens (tertiary/aromatic N) is 2. The van der Waals surface area contributed by atoms with Crippen LogP contribution in [0, 0.1) is 11.8 Å². The number of hydrazone groups is 1. The van der Waals surface area contributed by atoms with E-state index in [1.54, 1.807) is 18.4 Å². The molecule has 4 atom stereocenters. The Bertz CT molecular complexity index is 850. The van der Waals surface area contributed by atoms with Crippen LogP contribution in [0.2, 0.25) is 0 Å². The first-order valence-corrected chi connectivity index (χ1v) is 10.4. The number of hydrogen-bond acceptors (Lipinski definition) is 4. The van der Waals surface area contributed by atoms with Crippen molar-refractivity contribution in [1.82, 2.24) is 5.01 Å². The molecular weight excluding hydrogens is 366 g/mol. The van der Waals surface area contributed by atoms with Crippen LogP contribution in [0.15, 0.2) is 52.2 Å². The molecule has 1 fully saturated rings. The van der Waals surface area contributed by atoms with E-state index in [1.165, 1.54) is 11.3 Å². The molecular formula is C23H30N3O3+. The van der Waals surface area contributed by atoms with Gasteiger partial charge in [0.25, 0.3) is 5.91 Å². The van der Waals surface area contributed by atoms with E-state index in [0.717, 1.165) is 35.9 Å². The molecule has 6 heteroatoms. The quantitative estimate of drug-likeness (QED) is 0.845. The molecule has 1 saturated heterocycles. The van der Waals surface area contributed by atoms with Crippen LogP contribution in [0.3, 0.4) is 0 Å². The van der Waals surface area contributed by atoms with Crippen LogP contribution in [-0.4, -0.2) is 43.4 Å². The number of quaternary nitrogens is 1. The van der Waals surface area contributed by atoms with E-state index in [4.69, 9.17) is 14.3 Å². The summed E-state index contributed by atoms with van der Waals surface area (Å²) in [5.41, 5.74) is 1.91. The van der Waals surface area contributed by atoms with Gasteiger partial charge < -0.3 is 14.1 Å². The first kappa shape index (κ1) is 19.7. The highest BCUT2D eigenvalue weighted by Gasteiger charge is 2.37. The molecule has 0 saturated carbocycles. The van der Waals surface area contributed by atoms with Gasteiger partial charge in [0.2, 0.25) is 0 Å². The van der Waals surface area contributed by atoms with Gasteiger partial charge in [-0.1, -0.05) is 13.8 Å². The number of rotatable bonds is 5. The molecule has 0 aliphatic carbocycles. The molecule has 0 bridgehead atoms. The molecule has 1 aromatic heterocycles. The molecule has 4 rings (SSSR count). The number of likely N-dealkylation sites (tertiary alicyclic amines) is 1. The Labute approximate surface area is 172 Å². The summed E-state index contributed by atoms with van der Waals surface area (Å²) in [6.07, 6.45) is 3.55. The van der Waals surface area contributed by atoms with Crippen molar-refractivity contribution in [1.29, 1.82) is 0 Å². The van der Waals surface area contributed by atoms with Crippen LogP contribution in [-0.2, 0) is 4.79 Å². The largest absolute Gasteiger partial charge is 0.497 e. The van der Waals surface area contributed by atoms with Gasteiger partial charge in [-0.25, -0.2) is 5.01 Å². The summed E-state index contributed by atoms with van der Waals surface area (Å²) < 4.78 is 10.9.